The third-order valence-electron chi connectivity index (χ3n) is 1.61. The first-order chi connectivity index (χ1) is 5.90. The maximum Gasteiger partial charge on any atom is 0.274 e. The van der Waals surface area contributed by atoms with E-state index < -0.39 is 10.2 Å². The van der Waals surface area contributed by atoms with Crippen LogP contribution in [0.4, 0.5) is 0 Å². The van der Waals surface area contributed by atoms with E-state index in [0.717, 1.165) is 0 Å². The molecule has 7 nitrogen and oxygen atoms in total. The third-order valence-corrected chi connectivity index (χ3v) is 2.16. The van der Waals surface area contributed by atoms with Crippen molar-refractivity contribution in [2.24, 2.45) is 12.2 Å². The van der Waals surface area contributed by atoms with Crippen molar-refractivity contribution in [3.63, 3.8) is 0 Å². The molecule has 0 unspecified atom stereocenters. The fourth-order valence-electron chi connectivity index (χ4n) is 0.770. The molecule has 0 aliphatic heterocycles. The molecule has 0 fully saturated rings. The van der Waals surface area contributed by atoms with E-state index >= 15 is 0 Å². The van der Waals surface area contributed by atoms with Gasteiger partial charge in [-0.2, -0.15) is 13.1 Å². The summed E-state index contributed by atoms with van der Waals surface area (Å²) in [4.78, 5) is 0. The van der Waals surface area contributed by atoms with Crippen LogP contribution >= 0.6 is 0 Å². The molecule has 0 atom stereocenters. The van der Waals surface area contributed by atoms with E-state index in [9.17, 15) is 8.42 Å². The van der Waals surface area contributed by atoms with Crippen molar-refractivity contribution < 1.29 is 8.42 Å². The number of rotatable bonds is 3. The molecule has 0 bridgehead atoms. The van der Waals surface area contributed by atoms with Crippen molar-refractivity contribution in [1.29, 1.82) is 0 Å². The molecule has 1 aromatic rings. The Morgan fingerprint density at radius 1 is 1.54 bits per heavy atom. The van der Waals surface area contributed by atoms with Crippen molar-refractivity contribution in [1.82, 2.24) is 19.5 Å². The molecule has 1 heterocycles. The average molecular weight is 205 g/mol. The molecule has 74 valence electrons. The molecule has 0 spiro atoms. The minimum Gasteiger partial charge on any atom is -0.317 e. The highest BCUT2D eigenvalue weighted by atomic mass is 32.2. The van der Waals surface area contributed by atoms with E-state index in [0.29, 0.717) is 11.6 Å². The predicted molar refractivity (Wildman–Crippen MR) is 45.7 cm³/mol. The summed E-state index contributed by atoms with van der Waals surface area (Å²) in [5.74, 6) is 1.23. The zero-order chi connectivity index (χ0) is 10.1. The van der Waals surface area contributed by atoms with Crippen LogP contribution in [0.3, 0.4) is 0 Å². The van der Waals surface area contributed by atoms with E-state index in [1.807, 2.05) is 0 Å². The van der Waals surface area contributed by atoms with Gasteiger partial charge in [0.15, 0.2) is 0 Å². The van der Waals surface area contributed by atoms with Crippen LogP contribution in [-0.4, -0.2) is 23.2 Å². The molecule has 1 aromatic heterocycles. The zero-order valence-electron chi connectivity index (χ0n) is 7.35. The highest BCUT2D eigenvalue weighted by molar-refractivity contribution is 7.87. The Morgan fingerprint density at radius 2 is 2.15 bits per heavy atom. The van der Waals surface area contributed by atoms with Gasteiger partial charge in [0.05, 0.1) is 6.54 Å². The molecular formula is C5H11N5O2S. The predicted octanol–water partition coefficient (Wildman–Crippen LogP) is -1.58. The first kappa shape index (κ1) is 10.1. The van der Waals surface area contributed by atoms with Crippen LogP contribution < -0.4 is 9.86 Å². The Bertz CT molecular complexity index is 395. The van der Waals surface area contributed by atoms with Gasteiger partial charge in [0.2, 0.25) is 0 Å². The second-order valence-electron chi connectivity index (χ2n) is 2.59. The number of nitrogens with one attached hydrogen (secondary N) is 1. The lowest BCUT2D eigenvalue weighted by Gasteiger charge is -2.01. The highest BCUT2D eigenvalue weighted by Gasteiger charge is 2.07. The minimum atomic E-state index is -3.66. The summed E-state index contributed by atoms with van der Waals surface area (Å²) in [7, 11) is -1.92. The lowest BCUT2D eigenvalue weighted by atomic mass is 10.6. The van der Waals surface area contributed by atoms with E-state index in [1.165, 1.54) is 0 Å². The molecule has 0 saturated heterocycles. The Hall–Kier alpha value is -0.990. The van der Waals surface area contributed by atoms with Gasteiger partial charge in [0.1, 0.15) is 11.6 Å². The minimum absolute atomic E-state index is 0.0518. The Morgan fingerprint density at radius 3 is 2.54 bits per heavy atom. The standard InChI is InChI=1S/C5H11N5O2S/c1-4-8-9-5(10(4)2)3-7-13(6,11)12/h7H,3H2,1-2H3,(H2,6,11,12). The second-order valence-corrected chi connectivity index (χ2v) is 3.97. The summed E-state index contributed by atoms with van der Waals surface area (Å²) in [6, 6.07) is 0. The van der Waals surface area contributed by atoms with Crippen molar-refractivity contribution in [3.8, 4) is 0 Å². The molecule has 1 rings (SSSR count). The molecule has 0 aliphatic carbocycles. The summed E-state index contributed by atoms with van der Waals surface area (Å²) in [5.41, 5.74) is 0. The number of nitrogens with zero attached hydrogens (tertiary/aromatic N) is 3. The third kappa shape index (κ3) is 2.76. The molecule has 0 aromatic carbocycles. The first-order valence-electron chi connectivity index (χ1n) is 3.52. The van der Waals surface area contributed by atoms with Crippen LogP contribution in [0.2, 0.25) is 0 Å². The Labute approximate surface area is 76.1 Å². The number of aromatic nitrogens is 3. The average Bonchev–Trinajstić information content (AvgIpc) is 2.29. The molecule has 13 heavy (non-hydrogen) atoms. The number of aryl methyl sites for hydroxylation is 1. The normalized spacial score (nSPS) is 11.9. The summed E-state index contributed by atoms with van der Waals surface area (Å²) < 4.78 is 24.9. The van der Waals surface area contributed by atoms with Gasteiger partial charge in [-0.15, -0.1) is 10.2 Å². The molecule has 3 N–H and O–H groups in total. The SMILES string of the molecule is Cc1nnc(CNS(N)(=O)=O)n1C. The van der Waals surface area contributed by atoms with E-state index in [-0.39, 0.29) is 6.54 Å². The summed E-state index contributed by atoms with van der Waals surface area (Å²) >= 11 is 0. The van der Waals surface area contributed by atoms with Crippen LogP contribution in [-0.2, 0) is 23.8 Å². The maximum atomic E-state index is 10.5. The molecular weight excluding hydrogens is 194 g/mol. The molecule has 0 amide bonds. The topological polar surface area (TPSA) is 103 Å². The largest absolute Gasteiger partial charge is 0.317 e. The number of hydrogen-bond donors (Lipinski definition) is 2. The second kappa shape index (κ2) is 3.40. The highest BCUT2D eigenvalue weighted by Crippen LogP contribution is 1.96. The molecule has 0 radical (unpaired) electrons. The fraction of sp³-hybridized carbons (Fsp3) is 0.600. The molecule has 0 aliphatic rings. The van der Waals surface area contributed by atoms with Crippen LogP contribution in [0.1, 0.15) is 11.6 Å². The summed E-state index contributed by atoms with van der Waals surface area (Å²) in [6.45, 7) is 1.82. The van der Waals surface area contributed by atoms with Gasteiger partial charge < -0.3 is 4.57 Å². The van der Waals surface area contributed by atoms with E-state index in [4.69, 9.17) is 5.14 Å². The number of hydrogen-bond acceptors (Lipinski definition) is 4. The Balaban J connectivity index is 2.71. The van der Waals surface area contributed by atoms with E-state index in [1.54, 1.807) is 18.5 Å². The van der Waals surface area contributed by atoms with Crippen molar-refractivity contribution in [2.45, 2.75) is 13.5 Å². The van der Waals surface area contributed by atoms with Gasteiger partial charge in [-0.25, -0.2) is 5.14 Å². The van der Waals surface area contributed by atoms with Crippen LogP contribution in [0.5, 0.6) is 0 Å². The Kier molecular flexibility index (Phi) is 2.64. The van der Waals surface area contributed by atoms with Crippen molar-refractivity contribution in [2.75, 3.05) is 0 Å². The van der Waals surface area contributed by atoms with Crippen LogP contribution in [0.25, 0.3) is 0 Å². The number of nitrogens with two attached hydrogens (primary N) is 1. The van der Waals surface area contributed by atoms with Crippen LogP contribution in [0.15, 0.2) is 0 Å². The summed E-state index contributed by atoms with van der Waals surface area (Å²) in [6.07, 6.45) is 0. The van der Waals surface area contributed by atoms with Gasteiger partial charge in [-0.1, -0.05) is 0 Å². The van der Waals surface area contributed by atoms with Gasteiger partial charge in [-0.3, -0.25) is 0 Å². The fourth-order valence-corrected chi connectivity index (χ4v) is 1.10. The molecule has 8 heteroatoms. The van der Waals surface area contributed by atoms with Gasteiger partial charge in [0, 0.05) is 7.05 Å². The van der Waals surface area contributed by atoms with Crippen molar-refractivity contribution in [3.05, 3.63) is 11.6 Å². The maximum absolute atomic E-state index is 10.5. The lowest BCUT2D eigenvalue weighted by Crippen LogP contribution is -2.31. The smallest absolute Gasteiger partial charge is 0.274 e. The zero-order valence-corrected chi connectivity index (χ0v) is 8.17. The van der Waals surface area contributed by atoms with E-state index in [2.05, 4.69) is 14.9 Å². The quantitative estimate of drug-likeness (QED) is 0.621. The van der Waals surface area contributed by atoms with Gasteiger partial charge >= 0.3 is 0 Å². The lowest BCUT2D eigenvalue weighted by molar-refractivity contribution is 0.579. The summed E-state index contributed by atoms with van der Waals surface area (Å²) in [5, 5.41) is 12.2. The molecule has 0 saturated carbocycles. The first-order valence-corrected chi connectivity index (χ1v) is 5.07. The van der Waals surface area contributed by atoms with Crippen LogP contribution in [0, 0.1) is 6.92 Å². The van der Waals surface area contributed by atoms with Gasteiger partial charge in [-0.05, 0) is 6.92 Å². The van der Waals surface area contributed by atoms with Crippen molar-refractivity contribution >= 4 is 10.2 Å². The van der Waals surface area contributed by atoms with Gasteiger partial charge in [0.25, 0.3) is 10.2 Å². The monoisotopic (exact) mass is 205 g/mol.